The summed E-state index contributed by atoms with van der Waals surface area (Å²) in [6.07, 6.45) is 2.33. The van der Waals surface area contributed by atoms with Crippen LogP contribution in [0, 0.1) is 0 Å². The second kappa shape index (κ2) is 22.2. The van der Waals surface area contributed by atoms with Gasteiger partial charge in [-0.1, -0.05) is 78.3 Å². The van der Waals surface area contributed by atoms with Crippen LogP contribution in [0.2, 0.25) is 20.1 Å². The zero-order valence-electron chi connectivity index (χ0n) is 28.4. The first-order valence-electron chi connectivity index (χ1n) is 14.2. The number of ether oxygens (including phenoxy) is 6. The van der Waals surface area contributed by atoms with Crippen molar-refractivity contribution in [1.82, 2.24) is 14.7 Å². The molecule has 25 heteroatoms. The Labute approximate surface area is 357 Å². The maximum Gasteiger partial charge on any atom is 0.320 e. The highest BCUT2D eigenvalue weighted by molar-refractivity contribution is 9.10. The number of nitrogens with one attached hydrogen (secondary N) is 1. The molecule has 16 nitrogen and oxygen atoms in total. The molecule has 302 valence electrons. The van der Waals surface area contributed by atoms with E-state index in [2.05, 4.69) is 56.0 Å². The lowest BCUT2D eigenvalue weighted by atomic mass is 10.3. The summed E-state index contributed by atoms with van der Waals surface area (Å²) in [6, 6.07) is 8.50. The maximum absolute atomic E-state index is 12.5. The number of sulfonamides is 1. The van der Waals surface area contributed by atoms with E-state index in [0.29, 0.717) is 8.95 Å². The molecular formula is C30H29Br2Cl5N4O12S2. The Hall–Kier alpha value is -2.89. The summed E-state index contributed by atoms with van der Waals surface area (Å²) < 4.78 is 80.9. The van der Waals surface area contributed by atoms with E-state index in [1.54, 1.807) is 24.3 Å². The van der Waals surface area contributed by atoms with Gasteiger partial charge in [-0.15, -0.1) is 0 Å². The predicted octanol–water partition coefficient (Wildman–Crippen LogP) is 7.65. The zero-order valence-corrected chi connectivity index (χ0v) is 37.0. The van der Waals surface area contributed by atoms with Crippen LogP contribution in [-0.4, -0.2) is 80.3 Å². The van der Waals surface area contributed by atoms with Crippen LogP contribution in [0.15, 0.2) is 67.5 Å². The summed E-state index contributed by atoms with van der Waals surface area (Å²) in [5.74, 6) is -1.09. The molecule has 0 radical (unpaired) electrons. The van der Waals surface area contributed by atoms with Crippen LogP contribution >= 0.6 is 88.9 Å². The molecule has 0 spiro atoms. The average molecular weight is 1040 g/mol. The predicted molar refractivity (Wildman–Crippen MR) is 213 cm³/mol. The van der Waals surface area contributed by atoms with Gasteiger partial charge in [0.15, 0.2) is 23.0 Å². The Balaban J connectivity index is 0.000000488. The zero-order chi connectivity index (χ0) is 41.7. The lowest BCUT2D eigenvalue weighted by molar-refractivity contribution is -0.139. The third-order valence-electron chi connectivity index (χ3n) is 5.97. The van der Waals surface area contributed by atoms with Crippen molar-refractivity contribution in [3.05, 3.63) is 77.8 Å². The third kappa shape index (κ3) is 14.8. The van der Waals surface area contributed by atoms with Crippen LogP contribution in [-0.2, 0) is 38.1 Å². The number of nitrogens with two attached hydrogens (primary N) is 1. The van der Waals surface area contributed by atoms with Gasteiger partial charge >= 0.3 is 11.9 Å². The fraction of sp³-hybridized carbons (Fsp3) is 0.200. The van der Waals surface area contributed by atoms with Gasteiger partial charge in [0.2, 0.25) is 21.8 Å². The highest BCUT2D eigenvalue weighted by Crippen LogP contribution is 2.41. The second-order valence-corrected chi connectivity index (χ2v) is 17.3. The van der Waals surface area contributed by atoms with Gasteiger partial charge in [-0.3, -0.25) is 9.59 Å². The van der Waals surface area contributed by atoms with Crippen molar-refractivity contribution in [1.29, 1.82) is 0 Å². The number of pyridine rings is 2. The minimum Gasteiger partial charge on any atom is -0.494 e. The smallest absolute Gasteiger partial charge is 0.320 e. The Kier molecular flexibility index (Phi) is 19.4. The molecular weight excluding hydrogens is 1010 g/mol. The molecule has 0 aliphatic rings. The monoisotopic (exact) mass is 1030 g/mol. The molecule has 4 rings (SSSR count). The van der Waals surface area contributed by atoms with Crippen molar-refractivity contribution in [2.24, 2.45) is 5.73 Å². The first kappa shape index (κ1) is 48.3. The first-order chi connectivity index (χ1) is 25.7. The van der Waals surface area contributed by atoms with Gasteiger partial charge in [0.05, 0.1) is 67.5 Å². The van der Waals surface area contributed by atoms with E-state index in [1.807, 2.05) is 0 Å². The Morgan fingerprint density at radius 1 is 0.709 bits per heavy atom. The van der Waals surface area contributed by atoms with Gasteiger partial charge in [0.25, 0.3) is 9.05 Å². The molecule has 0 aliphatic heterocycles. The Morgan fingerprint density at radius 2 is 1.09 bits per heavy atom. The topological polar surface area (TPSA) is 222 Å². The molecule has 4 aromatic rings. The molecule has 0 amide bonds. The molecule has 2 aromatic heterocycles. The quantitative estimate of drug-likeness (QED) is 0.103. The molecule has 0 aliphatic carbocycles. The molecule has 0 saturated carbocycles. The standard InChI is InChI=1S/C15H13BrCl2N2O6S.C12H7BrCl3NO4S.C3H7NO2.H2/c1-24-11-6-19-13(26-15-9(17)3-8(16)4-10(15)18)5-12(11)27(22,23)20-7-14(21)25-2;1-20-9-5-17-11(4-10(9)22(16,18)19)21-12-7(14)2-6(13)3-8(12)15;1-6-3(5)2-4;/h3-6,20H,7H2,1-2H3;2-5H,1H3;2,4H2,1H3;1H. The number of nitrogens with zero attached hydrogens (tertiary/aromatic N) is 2. The normalized spacial score (nSPS) is 10.8. The molecule has 0 unspecified atom stereocenters. The summed E-state index contributed by atoms with van der Waals surface area (Å²) in [6.45, 7) is -0.582. The summed E-state index contributed by atoms with van der Waals surface area (Å²) in [7, 11) is 2.21. The molecule has 3 N–H and O–H groups in total. The Morgan fingerprint density at radius 3 is 1.42 bits per heavy atom. The largest absolute Gasteiger partial charge is 0.494 e. The van der Waals surface area contributed by atoms with E-state index in [0.717, 1.165) is 25.4 Å². The van der Waals surface area contributed by atoms with Gasteiger partial charge in [0.1, 0.15) is 16.3 Å². The lowest BCUT2D eigenvalue weighted by Crippen LogP contribution is -2.30. The van der Waals surface area contributed by atoms with Crippen molar-refractivity contribution in [3.63, 3.8) is 0 Å². The van der Waals surface area contributed by atoms with Crippen LogP contribution in [0.25, 0.3) is 0 Å². The fourth-order valence-corrected chi connectivity index (χ4v) is 8.15. The van der Waals surface area contributed by atoms with Crippen LogP contribution < -0.4 is 29.4 Å². The average Bonchev–Trinajstić information content (AvgIpc) is 3.13. The number of esters is 2. The molecule has 2 aromatic carbocycles. The van der Waals surface area contributed by atoms with Gasteiger partial charge in [-0.2, -0.15) is 4.72 Å². The minimum atomic E-state index is -4.12. The third-order valence-corrected chi connectivity index (χ3v) is 10.8. The molecule has 55 heavy (non-hydrogen) atoms. The summed E-state index contributed by atoms with van der Waals surface area (Å²) in [5.41, 5.74) is 4.81. The van der Waals surface area contributed by atoms with Crippen molar-refractivity contribution in [3.8, 4) is 34.8 Å². The van der Waals surface area contributed by atoms with Crippen LogP contribution in [0.1, 0.15) is 1.43 Å². The number of aromatic nitrogens is 2. The number of benzene rings is 2. The van der Waals surface area contributed by atoms with E-state index in [1.165, 1.54) is 27.5 Å². The van der Waals surface area contributed by atoms with Crippen molar-refractivity contribution in [2.45, 2.75) is 9.79 Å². The van der Waals surface area contributed by atoms with Crippen LogP contribution in [0.4, 0.5) is 0 Å². The number of hydrogen-bond donors (Lipinski definition) is 2. The number of halogens is 7. The van der Waals surface area contributed by atoms with Crippen LogP contribution in [0.3, 0.4) is 0 Å². The number of carbonyl (C=O) groups excluding carboxylic acids is 2. The van der Waals surface area contributed by atoms with Gasteiger partial charge in [-0.05, 0) is 24.3 Å². The number of rotatable bonds is 12. The van der Waals surface area contributed by atoms with Gasteiger partial charge < -0.3 is 34.2 Å². The van der Waals surface area contributed by atoms with E-state index >= 15 is 0 Å². The number of methoxy groups -OCH3 is 4. The Bertz CT molecular complexity index is 2200. The highest BCUT2D eigenvalue weighted by atomic mass is 79.9. The number of carbonyl (C=O) groups is 2. The van der Waals surface area contributed by atoms with E-state index < -0.39 is 31.6 Å². The lowest BCUT2D eigenvalue weighted by Gasteiger charge is -2.13. The fourth-order valence-electron chi connectivity index (χ4n) is 3.48. The molecule has 0 saturated heterocycles. The molecule has 0 atom stereocenters. The van der Waals surface area contributed by atoms with Gasteiger partial charge in [0, 0.05) is 33.2 Å². The van der Waals surface area contributed by atoms with E-state index in [-0.39, 0.29) is 78.6 Å². The van der Waals surface area contributed by atoms with Crippen LogP contribution in [0.5, 0.6) is 34.8 Å². The van der Waals surface area contributed by atoms with E-state index in [9.17, 15) is 26.4 Å². The van der Waals surface area contributed by atoms with Crippen molar-refractivity contribution >= 4 is 120 Å². The van der Waals surface area contributed by atoms with Crippen molar-refractivity contribution in [2.75, 3.05) is 41.5 Å². The number of hydrogen-bond acceptors (Lipinski definition) is 15. The molecule has 2 heterocycles. The highest BCUT2D eigenvalue weighted by Gasteiger charge is 2.24. The maximum atomic E-state index is 12.5. The van der Waals surface area contributed by atoms with E-state index in [4.69, 9.17) is 81.8 Å². The molecule has 0 bridgehead atoms. The SMILES string of the molecule is COC(=O)CN.COC(=O)CNS(=O)(=O)c1cc(Oc2c(Cl)cc(Br)cc2Cl)ncc1OC.COc1cnc(Oc2c(Cl)cc(Br)cc2Cl)cc1S(=O)(=O)Cl.[HH]. The van der Waals surface area contributed by atoms with Crippen molar-refractivity contribution < 1.29 is 56.3 Å². The summed E-state index contributed by atoms with van der Waals surface area (Å²) >= 11 is 30.8. The van der Waals surface area contributed by atoms with Gasteiger partial charge in [-0.25, -0.2) is 26.8 Å². The minimum absolute atomic E-state index is 0. The molecule has 0 fully saturated rings. The first-order valence-corrected chi connectivity index (χ1v) is 21.1. The summed E-state index contributed by atoms with van der Waals surface area (Å²) in [5, 5.41) is 0.847. The summed E-state index contributed by atoms with van der Waals surface area (Å²) in [4.78, 5) is 28.4. The second-order valence-electron chi connectivity index (χ2n) is 9.57.